The number of nitrogens with two attached hydrogens (primary N) is 1. The van der Waals surface area contributed by atoms with Gasteiger partial charge in [0.15, 0.2) is 10.6 Å². The van der Waals surface area contributed by atoms with Crippen LogP contribution in [0.2, 0.25) is 0 Å². The highest BCUT2D eigenvalue weighted by atomic mass is 32.1. The summed E-state index contributed by atoms with van der Waals surface area (Å²) in [6.45, 7) is 2.83. The highest BCUT2D eigenvalue weighted by Crippen LogP contribution is 2.23. The summed E-state index contributed by atoms with van der Waals surface area (Å²) in [5, 5.41) is 16.1. The Kier molecular flexibility index (Phi) is 3.44. The summed E-state index contributed by atoms with van der Waals surface area (Å²) >= 11 is 5.18. The Morgan fingerprint density at radius 1 is 1.56 bits per heavy atom. The Bertz CT molecular complexity index is 662. The van der Waals surface area contributed by atoms with Crippen molar-refractivity contribution in [3.05, 3.63) is 28.5 Å². The Hall–Kier alpha value is -2.13. The van der Waals surface area contributed by atoms with E-state index in [1.54, 1.807) is 18.2 Å². The molecule has 5 nitrogen and oxygen atoms in total. The second-order valence-corrected chi connectivity index (χ2v) is 4.31. The summed E-state index contributed by atoms with van der Waals surface area (Å²) < 4.78 is 2.45. The average molecular weight is 259 g/mol. The molecule has 6 heteroatoms. The molecule has 3 N–H and O–H groups in total. The number of H-pyrrole nitrogens is 1. The van der Waals surface area contributed by atoms with Gasteiger partial charge in [-0.3, -0.25) is 5.10 Å². The van der Waals surface area contributed by atoms with Gasteiger partial charge >= 0.3 is 0 Å². The molecule has 0 radical (unpaired) electrons. The molecule has 1 aromatic carbocycles. The van der Waals surface area contributed by atoms with Gasteiger partial charge in [0.1, 0.15) is 0 Å². The van der Waals surface area contributed by atoms with Gasteiger partial charge in [-0.2, -0.15) is 10.4 Å². The zero-order chi connectivity index (χ0) is 13.1. The molecule has 0 unspecified atom stereocenters. The van der Waals surface area contributed by atoms with Crippen molar-refractivity contribution in [3.63, 3.8) is 0 Å². The molecule has 0 aliphatic heterocycles. The molecule has 0 aliphatic rings. The molecular weight excluding hydrogens is 246 g/mol. The van der Waals surface area contributed by atoms with Gasteiger partial charge in [0, 0.05) is 17.8 Å². The lowest BCUT2D eigenvalue weighted by atomic mass is 10.1. The SMILES string of the molecule is CCCn1c(-c2ccc(N)cc2C#N)n[nH]c1=S. The Labute approximate surface area is 110 Å². The van der Waals surface area contributed by atoms with E-state index in [1.165, 1.54) is 0 Å². The Morgan fingerprint density at radius 2 is 2.33 bits per heavy atom. The number of aromatic nitrogens is 3. The molecule has 18 heavy (non-hydrogen) atoms. The first-order valence-corrected chi connectivity index (χ1v) is 6.03. The van der Waals surface area contributed by atoms with E-state index in [2.05, 4.69) is 23.2 Å². The fourth-order valence-electron chi connectivity index (χ4n) is 1.80. The van der Waals surface area contributed by atoms with Crippen LogP contribution in [0.3, 0.4) is 0 Å². The van der Waals surface area contributed by atoms with Crippen LogP contribution < -0.4 is 5.73 Å². The topological polar surface area (TPSA) is 83.4 Å². The summed E-state index contributed by atoms with van der Waals surface area (Å²) in [6.07, 6.45) is 0.942. The van der Waals surface area contributed by atoms with Crippen molar-refractivity contribution in [1.29, 1.82) is 5.26 Å². The van der Waals surface area contributed by atoms with Crippen molar-refractivity contribution < 1.29 is 0 Å². The summed E-state index contributed by atoms with van der Waals surface area (Å²) in [5.74, 6) is 0.679. The number of rotatable bonds is 3. The van der Waals surface area contributed by atoms with Crippen molar-refractivity contribution in [2.24, 2.45) is 0 Å². The number of anilines is 1. The summed E-state index contributed by atoms with van der Waals surface area (Å²) in [4.78, 5) is 0. The van der Waals surface area contributed by atoms with E-state index in [9.17, 15) is 0 Å². The molecule has 1 aromatic heterocycles. The van der Waals surface area contributed by atoms with Crippen LogP contribution >= 0.6 is 12.2 Å². The summed E-state index contributed by atoms with van der Waals surface area (Å²) in [5.41, 5.74) is 7.48. The predicted octanol–water partition coefficient (Wildman–Crippen LogP) is 2.47. The minimum absolute atomic E-state index is 0.501. The number of aromatic amines is 1. The number of nitrogens with zero attached hydrogens (tertiary/aromatic N) is 3. The molecule has 92 valence electrons. The predicted molar refractivity (Wildman–Crippen MR) is 72.3 cm³/mol. The fourth-order valence-corrected chi connectivity index (χ4v) is 2.03. The highest BCUT2D eigenvalue weighted by Gasteiger charge is 2.12. The van der Waals surface area contributed by atoms with E-state index < -0.39 is 0 Å². The molecule has 0 atom stereocenters. The van der Waals surface area contributed by atoms with Crippen LogP contribution in [0.5, 0.6) is 0 Å². The highest BCUT2D eigenvalue weighted by molar-refractivity contribution is 7.71. The standard InChI is InChI=1S/C12H13N5S/c1-2-5-17-11(15-16-12(17)18)10-4-3-9(14)6-8(10)7-13/h3-4,6H,2,5,14H2,1H3,(H,16,18). The molecule has 0 spiro atoms. The van der Waals surface area contributed by atoms with Gasteiger partial charge in [-0.15, -0.1) is 0 Å². The summed E-state index contributed by atoms with van der Waals surface area (Å²) in [7, 11) is 0. The van der Waals surface area contributed by atoms with Crippen molar-refractivity contribution in [2.45, 2.75) is 19.9 Å². The maximum atomic E-state index is 9.15. The van der Waals surface area contributed by atoms with Crippen molar-refractivity contribution in [2.75, 3.05) is 5.73 Å². The Balaban J connectivity index is 2.63. The van der Waals surface area contributed by atoms with Crippen LogP contribution in [-0.2, 0) is 6.54 Å². The van der Waals surface area contributed by atoms with Crippen LogP contribution in [0.4, 0.5) is 5.69 Å². The van der Waals surface area contributed by atoms with Gasteiger partial charge in [-0.25, -0.2) is 0 Å². The van der Waals surface area contributed by atoms with E-state index in [-0.39, 0.29) is 0 Å². The minimum atomic E-state index is 0.501. The zero-order valence-electron chi connectivity index (χ0n) is 9.97. The molecule has 0 bridgehead atoms. The lowest BCUT2D eigenvalue weighted by Gasteiger charge is -2.07. The monoisotopic (exact) mass is 259 g/mol. The third kappa shape index (κ3) is 2.13. The second kappa shape index (κ2) is 5.02. The number of benzene rings is 1. The first-order chi connectivity index (χ1) is 8.67. The molecule has 0 saturated carbocycles. The molecule has 0 fully saturated rings. The Morgan fingerprint density at radius 3 is 3.00 bits per heavy atom. The molecule has 0 aliphatic carbocycles. The average Bonchev–Trinajstić information content (AvgIpc) is 2.72. The van der Waals surface area contributed by atoms with Gasteiger partial charge in [0.25, 0.3) is 0 Å². The first kappa shape index (κ1) is 12.3. The second-order valence-electron chi connectivity index (χ2n) is 3.92. The van der Waals surface area contributed by atoms with Crippen LogP contribution in [0, 0.1) is 16.1 Å². The molecule has 2 rings (SSSR count). The zero-order valence-corrected chi connectivity index (χ0v) is 10.8. The number of nitrogen functional groups attached to an aromatic ring is 1. The van der Waals surface area contributed by atoms with Crippen LogP contribution in [0.1, 0.15) is 18.9 Å². The fraction of sp³-hybridized carbons (Fsp3) is 0.250. The van der Waals surface area contributed by atoms with Crippen LogP contribution in [0.15, 0.2) is 18.2 Å². The summed E-state index contributed by atoms with van der Waals surface area (Å²) in [6, 6.07) is 7.33. The maximum absolute atomic E-state index is 9.15. The third-order valence-corrected chi connectivity index (χ3v) is 2.92. The molecule has 1 heterocycles. The lowest BCUT2D eigenvalue weighted by Crippen LogP contribution is -2.01. The number of hydrogen-bond acceptors (Lipinski definition) is 4. The van der Waals surface area contributed by atoms with E-state index in [1.807, 2.05) is 4.57 Å². The van der Waals surface area contributed by atoms with Gasteiger partial charge in [0.05, 0.1) is 11.6 Å². The maximum Gasteiger partial charge on any atom is 0.195 e. The largest absolute Gasteiger partial charge is 0.399 e. The van der Waals surface area contributed by atoms with Crippen molar-refractivity contribution >= 4 is 17.9 Å². The van der Waals surface area contributed by atoms with E-state index >= 15 is 0 Å². The quantitative estimate of drug-likeness (QED) is 0.655. The van der Waals surface area contributed by atoms with Crippen LogP contribution in [-0.4, -0.2) is 14.8 Å². The van der Waals surface area contributed by atoms with Crippen molar-refractivity contribution in [1.82, 2.24) is 14.8 Å². The van der Waals surface area contributed by atoms with E-state index in [0.29, 0.717) is 21.8 Å². The lowest BCUT2D eigenvalue weighted by molar-refractivity contribution is 0.675. The van der Waals surface area contributed by atoms with E-state index in [4.69, 9.17) is 23.2 Å². The number of nitrogens with one attached hydrogen (secondary N) is 1. The van der Waals surface area contributed by atoms with Gasteiger partial charge < -0.3 is 10.3 Å². The molecule has 0 saturated heterocycles. The molecular formula is C12H13N5S. The van der Waals surface area contributed by atoms with E-state index in [0.717, 1.165) is 18.5 Å². The van der Waals surface area contributed by atoms with Gasteiger partial charge in [0.2, 0.25) is 0 Å². The normalized spacial score (nSPS) is 10.2. The van der Waals surface area contributed by atoms with Gasteiger partial charge in [-0.1, -0.05) is 6.92 Å². The smallest absolute Gasteiger partial charge is 0.195 e. The van der Waals surface area contributed by atoms with Gasteiger partial charge in [-0.05, 0) is 36.8 Å². The molecule has 0 amide bonds. The van der Waals surface area contributed by atoms with Crippen LogP contribution in [0.25, 0.3) is 11.4 Å². The first-order valence-electron chi connectivity index (χ1n) is 5.62. The minimum Gasteiger partial charge on any atom is -0.399 e. The van der Waals surface area contributed by atoms with Crippen molar-refractivity contribution in [3.8, 4) is 17.5 Å². The number of nitriles is 1. The molecule has 2 aromatic rings. The third-order valence-electron chi connectivity index (χ3n) is 2.61. The number of hydrogen-bond donors (Lipinski definition) is 2.